The molecule has 0 atom stereocenters. The van der Waals surface area contributed by atoms with Gasteiger partial charge in [0.1, 0.15) is 5.00 Å². The fourth-order valence-corrected chi connectivity index (χ4v) is 1.89. The summed E-state index contributed by atoms with van der Waals surface area (Å²) in [7, 11) is 1.95. The summed E-state index contributed by atoms with van der Waals surface area (Å²) in [6, 6.07) is 0. The van der Waals surface area contributed by atoms with E-state index in [0.717, 1.165) is 17.8 Å². The monoisotopic (exact) mass is 170 g/mol. The summed E-state index contributed by atoms with van der Waals surface area (Å²) < 4.78 is 0. The highest BCUT2D eigenvalue weighted by atomic mass is 32.1. The first kappa shape index (κ1) is 8.53. The van der Waals surface area contributed by atoms with Crippen LogP contribution in [0.3, 0.4) is 0 Å². The summed E-state index contributed by atoms with van der Waals surface area (Å²) in [5, 5.41) is 5.53. The molecular formula is C8H14N2S. The lowest BCUT2D eigenvalue weighted by Gasteiger charge is -1.96. The van der Waals surface area contributed by atoms with Crippen molar-refractivity contribution in [3.8, 4) is 0 Å². The van der Waals surface area contributed by atoms with E-state index >= 15 is 0 Å². The average molecular weight is 170 g/mol. The van der Waals surface area contributed by atoms with Crippen LogP contribution in [0.15, 0.2) is 0 Å². The van der Waals surface area contributed by atoms with Crippen molar-refractivity contribution < 1.29 is 0 Å². The number of thiazole rings is 1. The molecule has 2 nitrogen and oxygen atoms in total. The first-order valence-electron chi connectivity index (χ1n) is 3.92. The topological polar surface area (TPSA) is 24.9 Å². The van der Waals surface area contributed by atoms with Crippen LogP contribution in [-0.4, -0.2) is 12.0 Å². The third-order valence-electron chi connectivity index (χ3n) is 1.52. The number of nitrogens with one attached hydrogen (secondary N) is 1. The van der Waals surface area contributed by atoms with E-state index in [1.165, 1.54) is 10.7 Å². The van der Waals surface area contributed by atoms with Gasteiger partial charge in [-0.2, -0.15) is 0 Å². The Kier molecular flexibility index (Phi) is 2.88. The predicted octanol–water partition coefficient (Wildman–Crippen LogP) is 2.45. The first-order chi connectivity index (χ1) is 5.27. The van der Waals surface area contributed by atoms with Crippen LogP contribution in [-0.2, 0) is 6.42 Å². The molecule has 62 valence electrons. The van der Waals surface area contributed by atoms with Gasteiger partial charge >= 0.3 is 0 Å². The molecule has 0 aliphatic carbocycles. The van der Waals surface area contributed by atoms with Gasteiger partial charge in [-0.05, 0) is 13.3 Å². The quantitative estimate of drug-likeness (QED) is 0.753. The van der Waals surface area contributed by atoms with Crippen LogP contribution in [0.4, 0.5) is 5.00 Å². The number of aryl methyl sites for hydroxylation is 2. The molecule has 0 aromatic carbocycles. The largest absolute Gasteiger partial charge is 0.378 e. The van der Waals surface area contributed by atoms with Crippen molar-refractivity contribution in [1.82, 2.24) is 4.98 Å². The van der Waals surface area contributed by atoms with Crippen LogP contribution in [0.25, 0.3) is 0 Å². The minimum absolute atomic E-state index is 1.08. The molecule has 1 heterocycles. The molecular weight excluding hydrogens is 156 g/mol. The number of anilines is 1. The molecule has 0 unspecified atom stereocenters. The van der Waals surface area contributed by atoms with E-state index in [1.54, 1.807) is 11.3 Å². The average Bonchev–Trinajstić information content (AvgIpc) is 2.32. The second kappa shape index (κ2) is 3.72. The van der Waals surface area contributed by atoms with Gasteiger partial charge in [0.15, 0.2) is 0 Å². The standard InChI is InChI=1S/C8H14N2S/c1-4-5-7-8(9-3)11-6(2)10-7/h9H,4-5H2,1-3H3. The van der Waals surface area contributed by atoms with Crippen molar-refractivity contribution in [3.05, 3.63) is 10.7 Å². The van der Waals surface area contributed by atoms with Crippen molar-refractivity contribution in [1.29, 1.82) is 0 Å². The maximum atomic E-state index is 4.43. The normalized spacial score (nSPS) is 10.1. The van der Waals surface area contributed by atoms with Gasteiger partial charge in [0.25, 0.3) is 0 Å². The highest BCUT2D eigenvalue weighted by Crippen LogP contribution is 2.24. The Bertz CT molecular complexity index is 230. The molecule has 0 amide bonds. The highest BCUT2D eigenvalue weighted by molar-refractivity contribution is 7.15. The number of rotatable bonds is 3. The van der Waals surface area contributed by atoms with Crippen LogP contribution in [0.1, 0.15) is 24.0 Å². The predicted molar refractivity (Wildman–Crippen MR) is 50.4 cm³/mol. The third-order valence-corrected chi connectivity index (χ3v) is 2.55. The van der Waals surface area contributed by atoms with E-state index in [1.807, 2.05) is 14.0 Å². The second-order valence-electron chi connectivity index (χ2n) is 2.51. The number of hydrogen-bond acceptors (Lipinski definition) is 3. The van der Waals surface area contributed by atoms with E-state index in [9.17, 15) is 0 Å². The molecule has 1 rings (SSSR count). The van der Waals surface area contributed by atoms with Crippen LogP contribution in [0.2, 0.25) is 0 Å². The molecule has 11 heavy (non-hydrogen) atoms. The van der Waals surface area contributed by atoms with Crippen LogP contribution in [0.5, 0.6) is 0 Å². The van der Waals surface area contributed by atoms with Crippen molar-refractivity contribution in [3.63, 3.8) is 0 Å². The zero-order chi connectivity index (χ0) is 8.27. The second-order valence-corrected chi connectivity index (χ2v) is 3.71. The smallest absolute Gasteiger partial charge is 0.112 e. The summed E-state index contributed by atoms with van der Waals surface area (Å²) in [4.78, 5) is 4.43. The van der Waals surface area contributed by atoms with Gasteiger partial charge in [-0.15, -0.1) is 11.3 Å². The van der Waals surface area contributed by atoms with E-state index in [0.29, 0.717) is 0 Å². The maximum absolute atomic E-state index is 4.43. The number of hydrogen-bond donors (Lipinski definition) is 1. The lowest BCUT2D eigenvalue weighted by molar-refractivity contribution is 0.889. The third kappa shape index (κ3) is 1.93. The first-order valence-corrected chi connectivity index (χ1v) is 4.73. The molecule has 1 N–H and O–H groups in total. The molecule has 0 fully saturated rings. The van der Waals surface area contributed by atoms with Gasteiger partial charge < -0.3 is 5.32 Å². The molecule has 0 radical (unpaired) electrons. The molecule has 0 saturated carbocycles. The molecule has 1 aromatic rings. The zero-order valence-corrected chi connectivity index (χ0v) is 8.09. The molecule has 1 aromatic heterocycles. The molecule has 3 heteroatoms. The Morgan fingerprint density at radius 2 is 2.27 bits per heavy atom. The Morgan fingerprint density at radius 1 is 1.55 bits per heavy atom. The summed E-state index contributed by atoms with van der Waals surface area (Å²) >= 11 is 1.73. The molecule has 0 aliphatic rings. The summed E-state index contributed by atoms with van der Waals surface area (Å²) in [6.45, 7) is 4.22. The summed E-state index contributed by atoms with van der Waals surface area (Å²) in [5.41, 5.74) is 1.22. The minimum atomic E-state index is 1.08. The van der Waals surface area contributed by atoms with Crippen LogP contribution >= 0.6 is 11.3 Å². The fourth-order valence-electron chi connectivity index (χ4n) is 1.07. The Morgan fingerprint density at radius 3 is 2.82 bits per heavy atom. The van der Waals surface area contributed by atoms with E-state index in [4.69, 9.17) is 0 Å². The van der Waals surface area contributed by atoms with E-state index < -0.39 is 0 Å². The zero-order valence-electron chi connectivity index (χ0n) is 7.27. The van der Waals surface area contributed by atoms with Gasteiger partial charge in [-0.3, -0.25) is 0 Å². The van der Waals surface area contributed by atoms with Crippen molar-refractivity contribution >= 4 is 16.3 Å². The van der Waals surface area contributed by atoms with E-state index in [-0.39, 0.29) is 0 Å². The Balaban J connectivity index is 2.83. The van der Waals surface area contributed by atoms with Gasteiger partial charge in [0.05, 0.1) is 10.7 Å². The summed E-state index contributed by atoms with van der Waals surface area (Å²) in [6.07, 6.45) is 2.25. The summed E-state index contributed by atoms with van der Waals surface area (Å²) in [5.74, 6) is 0. The van der Waals surface area contributed by atoms with E-state index in [2.05, 4.69) is 17.2 Å². The minimum Gasteiger partial charge on any atom is -0.378 e. The SMILES string of the molecule is CCCc1nc(C)sc1NC. The number of nitrogens with zero attached hydrogens (tertiary/aromatic N) is 1. The maximum Gasteiger partial charge on any atom is 0.112 e. The van der Waals surface area contributed by atoms with Crippen LogP contribution < -0.4 is 5.32 Å². The number of aromatic nitrogens is 1. The van der Waals surface area contributed by atoms with Crippen LogP contribution in [0, 0.1) is 6.92 Å². The molecule has 0 aliphatic heterocycles. The molecule has 0 spiro atoms. The lowest BCUT2D eigenvalue weighted by Crippen LogP contribution is -1.91. The molecule has 0 saturated heterocycles. The van der Waals surface area contributed by atoms with Crippen molar-refractivity contribution in [2.75, 3.05) is 12.4 Å². The molecule has 0 bridgehead atoms. The Labute approximate surface area is 71.7 Å². The fraction of sp³-hybridized carbons (Fsp3) is 0.625. The van der Waals surface area contributed by atoms with Gasteiger partial charge in [0.2, 0.25) is 0 Å². The van der Waals surface area contributed by atoms with Gasteiger partial charge in [-0.1, -0.05) is 13.3 Å². The van der Waals surface area contributed by atoms with Crippen molar-refractivity contribution in [2.24, 2.45) is 0 Å². The highest BCUT2D eigenvalue weighted by Gasteiger charge is 2.04. The lowest BCUT2D eigenvalue weighted by atomic mass is 10.3. The van der Waals surface area contributed by atoms with Gasteiger partial charge in [0, 0.05) is 7.05 Å². The Hall–Kier alpha value is -0.570. The van der Waals surface area contributed by atoms with Gasteiger partial charge in [-0.25, -0.2) is 4.98 Å². The van der Waals surface area contributed by atoms with Crippen molar-refractivity contribution in [2.45, 2.75) is 26.7 Å².